The van der Waals surface area contributed by atoms with E-state index in [0.717, 1.165) is 5.69 Å². The van der Waals surface area contributed by atoms with Crippen LogP contribution in [-0.2, 0) is 6.54 Å². The van der Waals surface area contributed by atoms with Gasteiger partial charge in [0.1, 0.15) is 12.1 Å². The summed E-state index contributed by atoms with van der Waals surface area (Å²) in [5, 5.41) is 16.5. The summed E-state index contributed by atoms with van der Waals surface area (Å²) in [5.41, 5.74) is 1.03. The largest absolute Gasteiger partial charge is 0.387 e. The third-order valence-corrected chi connectivity index (χ3v) is 2.40. The third-order valence-electron chi connectivity index (χ3n) is 2.40. The average Bonchev–Trinajstić information content (AvgIpc) is 2.82. The van der Waals surface area contributed by atoms with Crippen molar-refractivity contribution >= 4 is 0 Å². The first-order chi connectivity index (χ1) is 8.27. The number of rotatable bonds is 5. The van der Waals surface area contributed by atoms with E-state index in [4.69, 9.17) is 0 Å². The van der Waals surface area contributed by atoms with Gasteiger partial charge in [0.15, 0.2) is 0 Å². The number of aliphatic hydroxyl groups excluding tert-OH is 1. The van der Waals surface area contributed by atoms with Crippen molar-refractivity contribution in [1.29, 1.82) is 0 Å². The molecule has 0 radical (unpaired) electrons. The van der Waals surface area contributed by atoms with E-state index in [1.165, 1.54) is 12.3 Å². The highest BCUT2D eigenvalue weighted by molar-refractivity contribution is 5.19. The molecule has 2 N–H and O–H groups in total. The Hall–Kier alpha value is -1.72. The zero-order chi connectivity index (χ0) is 12.1. The first-order valence-corrected chi connectivity index (χ1v) is 5.30. The number of benzene rings is 1. The molecular formula is C12H13FN2O2. The minimum Gasteiger partial charge on any atom is -0.387 e. The molecule has 1 heterocycles. The van der Waals surface area contributed by atoms with Gasteiger partial charge in [0.25, 0.3) is 0 Å². The number of nitrogens with one attached hydrogen (secondary N) is 1. The maximum atomic E-state index is 13.3. The third kappa shape index (κ3) is 3.12. The second-order valence-corrected chi connectivity index (χ2v) is 3.66. The summed E-state index contributed by atoms with van der Waals surface area (Å²) in [6.45, 7) is 0.732. The van der Waals surface area contributed by atoms with Gasteiger partial charge in [-0.05, 0) is 6.07 Å². The van der Waals surface area contributed by atoms with Crippen molar-refractivity contribution in [3.8, 4) is 0 Å². The molecule has 1 aromatic carbocycles. The number of hydrogen-bond donors (Lipinski definition) is 2. The second kappa shape index (κ2) is 5.56. The Balaban J connectivity index is 1.85. The smallest absolute Gasteiger partial charge is 0.129 e. The van der Waals surface area contributed by atoms with E-state index in [9.17, 15) is 9.50 Å². The van der Waals surface area contributed by atoms with Gasteiger partial charge in [0, 0.05) is 24.7 Å². The quantitative estimate of drug-likeness (QED) is 0.828. The fourth-order valence-electron chi connectivity index (χ4n) is 1.52. The normalized spacial score (nSPS) is 12.6. The number of aliphatic hydroxyl groups is 1. The first-order valence-electron chi connectivity index (χ1n) is 5.30. The standard InChI is InChI=1S/C12H13FN2O2/c13-11-4-2-1-3-10(11)12(16)8-14-7-9-5-6-17-15-9/h1-6,12,14,16H,7-8H2. The van der Waals surface area contributed by atoms with E-state index in [2.05, 4.69) is 15.0 Å². The van der Waals surface area contributed by atoms with Crippen LogP contribution in [0.4, 0.5) is 4.39 Å². The van der Waals surface area contributed by atoms with Crippen LogP contribution in [0.1, 0.15) is 17.4 Å². The van der Waals surface area contributed by atoms with E-state index >= 15 is 0 Å². The van der Waals surface area contributed by atoms with E-state index in [0.29, 0.717) is 12.1 Å². The molecule has 1 aromatic heterocycles. The van der Waals surface area contributed by atoms with Crippen LogP contribution in [0.15, 0.2) is 41.1 Å². The molecule has 0 aliphatic heterocycles. The van der Waals surface area contributed by atoms with Gasteiger partial charge in [0.05, 0.1) is 11.8 Å². The topological polar surface area (TPSA) is 58.3 Å². The minimum absolute atomic E-state index is 0.258. The summed E-state index contributed by atoms with van der Waals surface area (Å²) in [5.74, 6) is -0.400. The highest BCUT2D eigenvalue weighted by Crippen LogP contribution is 2.15. The summed E-state index contributed by atoms with van der Waals surface area (Å²) in [6.07, 6.45) is 0.604. The molecule has 1 atom stereocenters. The van der Waals surface area contributed by atoms with Gasteiger partial charge in [0.2, 0.25) is 0 Å². The van der Waals surface area contributed by atoms with Gasteiger partial charge in [-0.2, -0.15) is 0 Å². The van der Waals surface area contributed by atoms with Crippen molar-refractivity contribution in [2.75, 3.05) is 6.54 Å². The van der Waals surface area contributed by atoms with Crippen molar-refractivity contribution in [3.05, 3.63) is 53.7 Å². The molecule has 5 heteroatoms. The average molecular weight is 236 g/mol. The van der Waals surface area contributed by atoms with Crippen molar-refractivity contribution in [2.24, 2.45) is 0 Å². The highest BCUT2D eigenvalue weighted by atomic mass is 19.1. The molecule has 2 rings (SSSR count). The summed E-state index contributed by atoms with van der Waals surface area (Å²) in [7, 11) is 0. The maximum absolute atomic E-state index is 13.3. The molecule has 0 spiro atoms. The number of aromatic nitrogens is 1. The van der Waals surface area contributed by atoms with Gasteiger partial charge >= 0.3 is 0 Å². The van der Waals surface area contributed by atoms with Crippen molar-refractivity contribution < 1.29 is 14.0 Å². The molecule has 0 amide bonds. The second-order valence-electron chi connectivity index (χ2n) is 3.66. The molecule has 0 aliphatic carbocycles. The van der Waals surface area contributed by atoms with Gasteiger partial charge in [-0.3, -0.25) is 0 Å². The summed E-state index contributed by atoms with van der Waals surface area (Å²) in [6, 6.07) is 7.91. The molecule has 0 saturated carbocycles. The summed E-state index contributed by atoms with van der Waals surface area (Å²) < 4.78 is 18.0. The molecule has 90 valence electrons. The summed E-state index contributed by atoms with van der Waals surface area (Å²) in [4.78, 5) is 0. The van der Waals surface area contributed by atoms with Crippen LogP contribution >= 0.6 is 0 Å². The van der Waals surface area contributed by atoms with Gasteiger partial charge in [-0.1, -0.05) is 23.4 Å². The predicted molar refractivity (Wildman–Crippen MR) is 59.6 cm³/mol. The van der Waals surface area contributed by atoms with Crippen LogP contribution in [0.2, 0.25) is 0 Å². The van der Waals surface area contributed by atoms with Crippen LogP contribution in [0.3, 0.4) is 0 Å². The van der Waals surface area contributed by atoms with Gasteiger partial charge in [-0.25, -0.2) is 4.39 Å². The van der Waals surface area contributed by atoms with Gasteiger partial charge < -0.3 is 14.9 Å². The molecule has 0 aliphatic rings. The molecular weight excluding hydrogens is 223 g/mol. The predicted octanol–water partition coefficient (Wildman–Crippen LogP) is 1.64. The lowest BCUT2D eigenvalue weighted by Crippen LogP contribution is -2.21. The number of halogens is 1. The van der Waals surface area contributed by atoms with Crippen molar-refractivity contribution in [1.82, 2.24) is 10.5 Å². The zero-order valence-corrected chi connectivity index (χ0v) is 9.14. The van der Waals surface area contributed by atoms with E-state index in [1.807, 2.05) is 0 Å². The van der Waals surface area contributed by atoms with E-state index < -0.39 is 11.9 Å². The molecule has 0 fully saturated rings. The Morgan fingerprint density at radius 3 is 2.88 bits per heavy atom. The molecule has 2 aromatic rings. The van der Waals surface area contributed by atoms with E-state index in [1.54, 1.807) is 24.3 Å². The molecule has 0 saturated heterocycles. The molecule has 1 unspecified atom stereocenters. The lowest BCUT2D eigenvalue weighted by molar-refractivity contribution is 0.169. The van der Waals surface area contributed by atoms with Crippen LogP contribution in [-0.4, -0.2) is 16.8 Å². The maximum Gasteiger partial charge on any atom is 0.129 e. The van der Waals surface area contributed by atoms with Crippen LogP contribution < -0.4 is 5.32 Å². The van der Waals surface area contributed by atoms with E-state index in [-0.39, 0.29) is 6.54 Å². The number of hydrogen-bond acceptors (Lipinski definition) is 4. The lowest BCUT2D eigenvalue weighted by atomic mass is 10.1. The molecule has 4 nitrogen and oxygen atoms in total. The SMILES string of the molecule is OC(CNCc1ccon1)c1ccccc1F. The van der Waals surface area contributed by atoms with Crippen LogP contribution in [0.25, 0.3) is 0 Å². The van der Waals surface area contributed by atoms with Gasteiger partial charge in [-0.15, -0.1) is 0 Å². The Labute approximate surface area is 98.1 Å². The van der Waals surface area contributed by atoms with Crippen molar-refractivity contribution in [2.45, 2.75) is 12.6 Å². The fourth-order valence-corrected chi connectivity index (χ4v) is 1.52. The highest BCUT2D eigenvalue weighted by Gasteiger charge is 2.11. The molecule has 0 bridgehead atoms. The zero-order valence-electron chi connectivity index (χ0n) is 9.14. The Morgan fingerprint density at radius 2 is 2.18 bits per heavy atom. The Kier molecular flexibility index (Phi) is 3.85. The monoisotopic (exact) mass is 236 g/mol. The molecule has 17 heavy (non-hydrogen) atoms. The first kappa shape index (κ1) is 11.8. The number of nitrogens with zero attached hydrogens (tertiary/aromatic N) is 1. The minimum atomic E-state index is -0.872. The fraction of sp³-hybridized carbons (Fsp3) is 0.250. The summed E-state index contributed by atoms with van der Waals surface area (Å²) >= 11 is 0. The Bertz CT molecular complexity index is 459. The van der Waals surface area contributed by atoms with Crippen LogP contribution in [0, 0.1) is 5.82 Å². The van der Waals surface area contributed by atoms with Crippen LogP contribution in [0.5, 0.6) is 0 Å². The van der Waals surface area contributed by atoms with Crippen molar-refractivity contribution in [3.63, 3.8) is 0 Å². The lowest BCUT2D eigenvalue weighted by Gasteiger charge is -2.12. The Morgan fingerprint density at radius 1 is 1.35 bits per heavy atom.